The summed E-state index contributed by atoms with van der Waals surface area (Å²) in [7, 11) is 0. The Balaban J connectivity index is -0.0000000101. The second-order valence-electron chi connectivity index (χ2n) is 0.272. The van der Waals surface area contributed by atoms with Crippen LogP contribution in [-0.2, 0) is 122 Å². The third-order valence-electron chi connectivity index (χ3n) is 0.0556. The van der Waals surface area contributed by atoms with Gasteiger partial charge in [0.1, 0.15) is 0 Å². The molecular formula is C2H4Mo2O2S6-6. The second-order valence-corrected chi connectivity index (χ2v) is 0.816. The summed E-state index contributed by atoms with van der Waals surface area (Å²) in [6.45, 7) is 0. The molecule has 0 unspecified atom stereocenters. The summed E-state index contributed by atoms with van der Waals surface area (Å²) in [6.07, 6.45) is 0. The van der Waals surface area contributed by atoms with Crippen molar-refractivity contribution in [3.8, 4) is 0 Å². The zero-order chi connectivity index (χ0) is 9.41. The van der Waals surface area contributed by atoms with E-state index in [1.54, 1.807) is 0 Å². The Morgan fingerprint density at radius 2 is 0.833 bits per heavy atom. The molecule has 0 aromatic rings. The van der Waals surface area contributed by atoms with E-state index in [4.69, 9.17) is 6.80 Å². The van der Waals surface area contributed by atoms with Gasteiger partial charge in [-0.25, -0.2) is 10.8 Å². The summed E-state index contributed by atoms with van der Waals surface area (Å²) in [5, 5.41) is 2.80. The largest absolute Gasteiger partial charge is 1.00 e. The van der Waals surface area contributed by atoms with Crippen molar-refractivity contribution in [3.63, 3.8) is 0 Å². The van der Waals surface area contributed by atoms with Gasteiger partial charge in [0.2, 0.25) is 0 Å². The maximum Gasteiger partial charge on any atom is -0.240 e. The van der Waals surface area contributed by atoms with Gasteiger partial charge < -0.3 is 75.6 Å². The maximum atomic E-state index is 8.26. The Bertz CT molecular complexity index is 50.8. The molecule has 0 heterocycles. The minimum atomic E-state index is 0. The van der Waals surface area contributed by atoms with Gasteiger partial charge in [-0.15, -0.1) is 0 Å². The van der Waals surface area contributed by atoms with Crippen LogP contribution in [0.4, 0.5) is 0 Å². The number of rotatable bonds is 0. The zero-order valence-corrected chi connectivity index (χ0v) is 14.4. The maximum absolute atomic E-state index is 8.26. The van der Waals surface area contributed by atoms with Crippen LogP contribution < -0.4 is 0 Å². The van der Waals surface area contributed by atoms with E-state index in [-0.39, 0.29) is 27.0 Å². The molecular weight excluding hydrogens is 440 g/mol. The normalized spacial score (nSPS) is 4.17. The van der Waals surface area contributed by atoms with E-state index >= 15 is 0 Å². The van der Waals surface area contributed by atoms with Gasteiger partial charge in [-0.3, -0.25) is 0 Å². The monoisotopic (exact) mass is 448 g/mol. The van der Waals surface area contributed by atoms with Gasteiger partial charge in [0, 0.05) is 0 Å². The van der Waals surface area contributed by atoms with Crippen molar-refractivity contribution in [1.82, 2.24) is 0 Å². The van der Waals surface area contributed by atoms with Gasteiger partial charge in [0.15, 0.2) is 0 Å². The molecule has 0 aliphatic heterocycles. The van der Waals surface area contributed by atoms with Gasteiger partial charge in [-0.2, -0.15) is 0 Å². The van der Waals surface area contributed by atoms with Crippen LogP contribution >= 0.6 is 0 Å². The average molecular weight is 444 g/mol. The zero-order valence-electron chi connectivity index (χ0n) is 5.32. The Labute approximate surface area is 131 Å². The van der Waals surface area contributed by atoms with Crippen LogP contribution in [0.15, 0.2) is 10.8 Å². The van der Waals surface area contributed by atoms with Gasteiger partial charge in [0.25, 0.3) is 0 Å². The van der Waals surface area contributed by atoms with E-state index in [2.05, 4.69) is 48.6 Å². The summed E-state index contributed by atoms with van der Waals surface area (Å²) in [5.74, 6) is 0. The quantitative estimate of drug-likeness (QED) is 0.219. The molecule has 12 heavy (non-hydrogen) atoms. The molecule has 0 spiro atoms. The molecule has 2 nitrogen and oxygen atoms in total. The van der Waals surface area contributed by atoms with Gasteiger partial charge in [0.05, 0.1) is 0 Å². The topological polar surface area (TPSA) is 34.1 Å². The Hall–Kier alpha value is 2.56. The summed E-state index contributed by atoms with van der Waals surface area (Å²) in [5.41, 5.74) is 0. The van der Waals surface area contributed by atoms with Crippen molar-refractivity contribution >= 4 is 75.6 Å². The summed E-state index contributed by atoms with van der Waals surface area (Å²) in [4.78, 5) is 0. The summed E-state index contributed by atoms with van der Waals surface area (Å²) >= 11 is 17.3. The summed E-state index contributed by atoms with van der Waals surface area (Å²) in [6, 6.07) is 0. The summed E-state index contributed by atoms with van der Waals surface area (Å²) < 4.78 is 16.5. The number of hydrogen-bond acceptors (Lipinski definition) is 8. The molecule has 10 heteroatoms. The van der Waals surface area contributed by atoms with Crippen molar-refractivity contribution in [2.24, 2.45) is 0 Å². The van der Waals surface area contributed by atoms with Crippen LogP contribution in [0.1, 0.15) is 0 Å². The predicted octanol–water partition coefficient (Wildman–Crippen LogP) is -0.236. The fourth-order valence-corrected chi connectivity index (χ4v) is 0. The molecule has 0 aliphatic carbocycles. The van der Waals surface area contributed by atoms with Crippen molar-refractivity contribution in [2.45, 2.75) is 0 Å². The van der Waals surface area contributed by atoms with Crippen LogP contribution in [0.5, 0.6) is 0 Å². The van der Waals surface area contributed by atoms with E-state index in [1.807, 2.05) is 0 Å². The predicted molar refractivity (Wildman–Crippen MR) is 57.5 cm³/mol. The molecule has 0 fully saturated rings. The third-order valence-corrected chi connectivity index (χ3v) is 0.500. The Kier molecular flexibility index (Phi) is 313. The van der Waals surface area contributed by atoms with Crippen molar-refractivity contribution in [3.05, 3.63) is 10.8 Å². The van der Waals surface area contributed by atoms with Crippen molar-refractivity contribution < 1.29 is 46.3 Å². The smallest absolute Gasteiger partial charge is 0.240 e. The number of hydrogen-bond donors (Lipinski definition) is 0. The van der Waals surface area contributed by atoms with Gasteiger partial charge >= 0.3 is 46.3 Å². The molecule has 0 amide bonds. The first-order valence-corrected chi connectivity index (χ1v) is 5.22. The minimum absolute atomic E-state index is 0. The Morgan fingerprint density at radius 3 is 0.833 bits per heavy atom. The number of thiol groups is 2. The van der Waals surface area contributed by atoms with E-state index in [1.165, 1.54) is 10.8 Å². The fourth-order valence-electron chi connectivity index (χ4n) is 0. The fraction of sp³-hybridized carbons (Fsp3) is 0. The van der Waals surface area contributed by atoms with Crippen molar-refractivity contribution in [2.75, 3.05) is 0 Å². The molecule has 0 rings (SSSR count). The van der Waals surface area contributed by atoms with E-state index in [9.17, 15) is 0 Å². The molecule has 78 valence electrons. The average Bonchev–Trinajstić information content (AvgIpc) is 2.14. The van der Waals surface area contributed by atoms with Gasteiger partial charge in [-0.05, 0) is 0 Å². The van der Waals surface area contributed by atoms with E-state index < -0.39 is 0 Å². The molecule has 0 atom stereocenters. The standard InChI is InChI=1S/C2H4S2.2Mo.2O.S2.2H2S/c3-1-2-4;;;;;1-2;;/h1-4H;;;;;;2*1H2/q;;;;;-2;;/p-4. The molecule has 0 aromatic heterocycles. The van der Waals surface area contributed by atoms with Crippen LogP contribution in [0.2, 0.25) is 0 Å². The first-order valence-electron chi connectivity index (χ1n) is 1.30. The molecule has 0 N–H and O–H groups in total. The van der Waals surface area contributed by atoms with Crippen LogP contribution in [0, 0.1) is 0 Å². The van der Waals surface area contributed by atoms with E-state index in [0.717, 1.165) is 0 Å². The molecule has 0 bridgehead atoms. The Morgan fingerprint density at radius 1 is 0.750 bits per heavy atom. The van der Waals surface area contributed by atoms with Crippen molar-refractivity contribution in [1.29, 1.82) is 0 Å². The SMILES string of the molecule is [O]=[Mo].[O]=[Mo].[S-]C=C[S-].[S-][S-].[SH-].[SH-]. The molecule has 0 radical (unpaired) electrons. The molecule has 0 aliphatic rings. The molecule has 0 aromatic carbocycles. The first kappa shape index (κ1) is 36.5. The van der Waals surface area contributed by atoms with Crippen LogP contribution in [0.25, 0.3) is 0 Å². The minimum Gasteiger partial charge on any atom is -1.00 e. The second kappa shape index (κ2) is 103. The van der Waals surface area contributed by atoms with Crippen LogP contribution in [-0.4, -0.2) is 0 Å². The molecule has 0 saturated carbocycles. The third kappa shape index (κ3) is 133. The van der Waals surface area contributed by atoms with Crippen LogP contribution in [0.3, 0.4) is 0 Å². The molecule has 0 saturated heterocycles. The van der Waals surface area contributed by atoms with Gasteiger partial charge in [-0.1, -0.05) is 0 Å². The van der Waals surface area contributed by atoms with E-state index in [0.29, 0.717) is 39.6 Å². The first-order chi connectivity index (χ1) is 4.91.